The van der Waals surface area contributed by atoms with Crippen LogP contribution in [0.2, 0.25) is 0 Å². The van der Waals surface area contributed by atoms with Crippen LogP contribution in [-0.4, -0.2) is 22.5 Å². The van der Waals surface area contributed by atoms with Crippen molar-refractivity contribution in [3.8, 4) is 0 Å². The summed E-state index contributed by atoms with van der Waals surface area (Å²) in [6, 6.07) is 6.54. The van der Waals surface area contributed by atoms with Gasteiger partial charge >= 0.3 is 0 Å². The SMILES string of the molecule is CC(N)Cc1c(N(C)c2cccc(F)c2)nc2sccn12. The Balaban J connectivity index is 2.08. The number of hydrogen-bond donors (Lipinski definition) is 1. The second-order valence-electron chi connectivity index (χ2n) is 5.16. The molecule has 4 nitrogen and oxygen atoms in total. The third kappa shape index (κ3) is 2.64. The molecule has 0 aliphatic rings. The van der Waals surface area contributed by atoms with Gasteiger partial charge in [-0.15, -0.1) is 11.3 Å². The van der Waals surface area contributed by atoms with Gasteiger partial charge in [0.25, 0.3) is 0 Å². The van der Waals surface area contributed by atoms with Crippen molar-refractivity contribution >= 4 is 27.8 Å². The first-order chi connectivity index (χ1) is 10.1. The van der Waals surface area contributed by atoms with E-state index in [1.807, 2.05) is 36.5 Å². The monoisotopic (exact) mass is 304 g/mol. The summed E-state index contributed by atoms with van der Waals surface area (Å²) in [5.41, 5.74) is 7.78. The molecule has 0 amide bonds. The van der Waals surface area contributed by atoms with Crippen molar-refractivity contribution in [1.29, 1.82) is 0 Å². The fraction of sp³-hybridized carbons (Fsp3) is 0.267. The maximum atomic E-state index is 13.4. The summed E-state index contributed by atoms with van der Waals surface area (Å²) in [5.74, 6) is 0.568. The van der Waals surface area contributed by atoms with E-state index in [0.717, 1.165) is 22.2 Å². The molecule has 1 unspecified atom stereocenters. The number of anilines is 2. The first kappa shape index (κ1) is 14.0. The van der Waals surface area contributed by atoms with Gasteiger partial charge in [0.1, 0.15) is 5.82 Å². The number of rotatable bonds is 4. The molecular weight excluding hydrogens is 287 g/mol. The highest BCUT2D eigenvalue weighted by atomic mass is 32.1. The highest BCUT2D eigenvalue weighted by molar-refractivity contribution is 7.15. The molecule has 0 radical (unpaired) electrons. The maximum Gasteiger partial charge on any atom is 0.195 e. The zero-order chi connectivity index (χ0) is 15.0. The predicted molar refractivity (Wildman–Crippen MR) is 84.9 cm³/mol. The van der Waals surface area contributed by atoms with Gasteiger partial charge in [-0.2, -0.15) is 0 Å². The minimum atomic E-state index is -0.255. The van der Waals surface area contributed by atoms with Gasteiger partial charge in [0.2, 0.25) is 0 Å². The van der Waals surface area contributed by atoms with E-state index in [-0.39, 0.29) is 11.9 Å². The summed E-state index contributed by atoms with van der Waals surface area (Å²) >= 11 is 1.58. The van der Waals surface area contributed by atoms with Crippen molar-refractivity contribution in [2.75, 3.05) is 11.9 Å². The number of nitrogens with two attached hydrogens (primary N) is 1. The first-order valence-corrected chi connectivity index (χ1v) is 7.63. The summed E-state index contributed by atoms with van der Waals surface area (Å²) in [4.78, 5) is 7.48. The molecule has 2 heterocycles. The van der Waals surface area contributed by atoms with Gasteiger partial charge in [0.05, 0.1) is 5.69 Å². The van der Waals surface area contributed by atoms with Crippen LogP contribution in [0.15, 0.2) is 35.8 Å². The molecular formula is C15H17FN4S. The molecule has 1 aromatic carbocycles. The second-order valence-corrected chi connectivity index (χ2v) is 6.03. The van der Waals surface area contributed by atoms with Crippen molar-refractivity contribution in [2.45, 2.75) is 19.4 Å². The zero-order valence-corrected chi connectivity index (χ0v) is 12.8. The Bertz CT molecular complexity index is 762. The molecule has 0 aliphatic heterocycles. The topological polar surface area (TPSA) is 46.6 Å². The molecule has 2 aromatic heterocycles. The second kappa shape index (κ2) is 5.46. The number of hydrogen-bond acceptors (Lipinski definition) is 4. The average Bonchev–Trinajstić information content (AvgIpc) is 3.00. The molecule has 6 heteroatoms. The van der Waals surface area contributed by atoms with Crippen LogP contribution in [0.5, 0.6) is 0 Å². The highest BCUT2D eigenvalue weighted by Gasteiger charge is 2.18. The lowest BCUT2D eigenvalue weighted by Gasteiger charge is -2.19. The van der Waals surface area contributed by atoms with Crippen molar-refractivity contribution in [3.05, 3.63) is 47.4 Å². The van der Waals surface area contributed by atoms with Crippen LogP contribution in [0, 0.1) is 5.82 Å². The van der Waals surface area contributed by atoms with E-state index in [0.29, 0.717) is 6.42 Å². The van der Waals surface area contributed by atoms with Crippen LogP contribution in [0.25, 0.3) is 4.96 Å². The largest absolute Gasteiger partial charge is 0.328 e. The molecule has 1 atom stereocenters. The Morgan fingerprint density at radius 1 is 1.48 bits per heavy atom. The van der Waals surface area contributed by atoms with Gasteiger partial charge in [-0.05, 0) is 25.1 Å². The highest BCUT2D eigenvalue weighted by Crippen LogP contribution is 2.30. The van der Waals surface area contributed by atoms with Crippen LogP contribution in [0.1, 0.15) is 12.6 Å². The van der Waals surface area contributed by atoms with Crippen LogP contribution in [-0.2, 0) is 6.42 Å². The molecule has 2 N–H and O–H groups in total. The number of benzene rings is 1. The molecule has 21 heavy (non-hydrogen) atoms. The number of aromatic nitrogens is 2. The molecule has 3 aromatic rings. The fourth-order valence-corrected chi connectivity index (χ4v) is 3.12. The Morgan fingerprint density at radius 3 is 3.00 bits per heavy atom. The number of fused-ring (bicyclic) bond motifs is 1. The number of thiazole rings is 1. The van der Waals surface area contributed by atoms with Gasteiger partial charge in [-0.25, -0.2) is 9.37 Å². The molecule has 3 rings (SSSR count). The first-order valence-electron chi connectivity index (χ1n) is 6.75. The number of halogens is 1. The molecule has 0 fully saturated rings. The smallest absolute Gasteiger partial charge is 0.195 e. The molecule has 0 saturated carbocycles. The van der Waals surface area contributed by atoms with E-state index in [9.17, 15) is 4.39 Å². The lowest BCUT2D eigenvalue weighted by molar-refractivity contribution is 0.628. The lowest BCUT2D eigenvalue weighted by Crippen LogP contribution is -2.21. The van der Waals surface area contributed by atoms with Crippen molar-refractivity contribution in [3.63, 3.8) is 0 Å². The summed E-state index contributed by atoms with van der Waals surface area (Å²) < 4.78 is 15.5. The van der Waals surface area contributed by atoms with E-state index < -0.39 is 0 Å². The Kier molecular flexibility index (Phi) is 3.65. The van der Waals surface area contributed by atoms with E-state index in [4.69, 9.17) is 5.73 Å². The fourth-order valence-electron chi connectivity index (χ4n) is 2.39. The van der Waals surface area contributed by atoms with Gasteiger partial charge < -0.3 is 10.6 Å². The van der Waals surface area contributed by atoms with Gasteiger partial charge in [-0.3, -0.25) is 4.40 Å². The maximum absolute atomic E-state index is 13.4. The Hall–Kier alpha value is -1.92. The number of nitrogens with zero attached hydrogens (tertiary/aromatic N) is 3. The average molecular weight is 304 g/mol. The molecule has 0 saturated heterocycles. The summed E-state index contributed by atoms with van der Waals surface area (Å²) in [7, 11) is 1.89. The summed E-state index contributed by atoms with van der Waals surface area (Å²) in [5, 5.41) is 2.00. The van der Waals surface area contributed by atoms with E-state index in [1.165, 1.54) is 12.1 Å². The molecule has 0 aliphatic carbocycles. The van der Waals surface area contributed by atoms with Gasteiger partial charge in [0.15, 0.2) is 10.8 Å². The number of imidazole rings is 1. The van der Waals surface area contributed by atoms with E-state index in [1.54, 1.807) is 17.4 Å². The minimum absolute atomic E-state index is 0.0319. The van der Waals surface area contributed by atoms with E-state index >= 15 is 0 Å². The Morgan fingerprint density at radius 2 is 2.29 bits per heavy atom. The predicted octanol–water partition coefficient (Wildman–Crippen LogP) is 3.19. The zero-order valence-electron chi connectivity index (χ0n) is 12.0. The van der Waals surface area contributed by atoms with Gasteiger partial charge in [-0.1, -0.05) is 6.07 Å². The van der Waals surface area contributed by atoms with Crippen molar-refractivity contribution in [1.82, 2.24) is 9.38 Å². The molecule has 0 spiro atoms. The van der Waals surface area contributed by atoms with E-state index in [2.05, 4.69) is 9.38 Å². The Labute approximate surface area is 126 Å². The summed E-state index contributed by atoms with van der Waals surface area (Å²) in [6.07, 6.45) is 2.71. The third-order valence-electron chi connectivity index (χ3n) is 3.37. The lowest BCUT2D eigenvalue weighted by atomic mass is 10.2. The normalized spacial score (nSPS) is 12.8. The third-order valence-corrected chi connectivity index (χ3v) is 4.13. The van der Waals surface area contributed by atoms with Crippen molar-refractivity contribution < 1.29 is 4.39 Å². The quantitative estimate of drug-likeness (QED) is 0.805. The molecule has 0 bridgehead atoms. The van der Waals surface area contributed by atoms with Crippen LogP contribution < -0.4 is 10.6 Å². The van der Waals surface area contributed by atoms with Crippen LogP contribution >= 0.6 is 11.3 Å². The van der Waals surface area contributed by atoms with Crippen molar-refractivity contribution in [2.24, 2.45) is 5.73 Å². The van der Waals surface area contributed by atoms with Gasteiger partial charge in [0, 0.05) is 36.8 Å². The molecule has 110 valence electrons. The minimum Gasteiger partial charge on any atom is -0.328 e. The standard InChI is InChI=1S/C15H17FN4S/c1-10(17)8-13-14(18-15-20(13)6-7-21-15)19(2)12-5-3-4-11(16)9-12/h3-7,9-10H,8,17H2,1-2H3. The summed E-state index contributed by atoms with van der Waals surface area (Å²) in [6.45, 7) is 1.97. The van der Waals surface area contributed by atoms with Crippen LogP contribution in [0.4, 0.5) is 15.9 Å². The van der Waals surface area contributed by atoms with Crippen LogP contribution in [0.3, 0.4) is 0 Å².